The van der Waals surface area contributed by atoms with Crippen molar-refractivity contribution in [2.24, 2.45) is 11.3 Å². The van der Waals surface area contributed by atoms with Crippen LogP contribution in [0.2, 0.25) is 0 Å². The van der Waals surface area contributed by atoms with Crippen LogP contribution >= 0.6 is 0 Å². The van der Waals surface area contributed by atoms with Gasteiger partial charge in [-0.2, -0.15) is 0 Å². The van der Waals surface area contributed by atoms with Crippen molar-refractivity contribution in [1.29, 1.82) is 0 Å². The molecule has 0 amide bonds. The molecule has 112 valence electrons. The Balaban J connectivity index is 2.21. The number of benzene rings is 1. The molecule has 0 aliphatic heterocycles. The van der Waals surface area contributed by atoms with E-state index in [1.807, 2.05) is 13.8 Å². The lowest BCUT2D eigenvalue weighted by Gasteiger charge is -2.20. The van der Waals surface area contributed by atoms with Crippen LogP contribution in [0, 0.1) is 25.2 Å². The fourth-order valence-corrected chi connectivity index (χ4v) is 3.81. The SMILES string of the molecule is Cc1cc(N)c(S(=O)(=O)NCC2(C(C)C)CC2)cc1C. The van der Waals surface area contributed by atoms with Gasteiger partial charge in [-0.1, -0.05) is 13.8 Å². The van der Waals surface area contributed by atoms with E-state index < -0.39 is 10.0 Å². The minimum absolute atomic E-state index is 0.140. The zero-order chi connectivity index (χ0) is 15.1. The van der Waals surface area contributed by atoms with Crippen LogP contribution in [0.1, 0.15) is 37.8 Å². The molecule has 0 unspecified atom stereocenters. The fourth-order valence-electron chi connectivity index (χ4n) is 2.48. The lowest BCUT2D eigenvalue weighted by molar-refractivity contribution is 0.357. The average Bonchev–Trinajstić information content (AvgIpc) is 3.12. The molecule has 0 bridgehead atoms. The van der Waals surface area contributed by atoms with Crippen molar-refractivity contribution in [1.82, 2.24) is 4.72 Å². The summed E-state index contributed by atoms with van der Waals surface area (Å²) in [5, 5.41) is 0. The number of hydrogen-bond donors (Lipinski definition) is 2. The van der Waals surface area contributed by atoms with Crippen molar-refractivity contribution in [3.8, 4) is 0 Å². The first-order valence-electron chi connectivity index (χ1n) is 7.04. The Morgan fingerprint density at radius 3 is 2.30 bits per heavy atom. The van der Waals surface area contributed by atoms with Gasteiger partial charge < -0.3 is 5.73 Å². The second-order valence-electron chi connectivity index (χ2n) is 6.32. The summed E-state index contributed by atoms with van der Waals surface area (Å²) >= 11 is 0. The maximum atomic E-state index is 12.4. The van der Waals surface area contributed by atoms with Crippen LogP contribution in [-0.4, -0.2) is 15.0 Å². The van der Waals surface area contributed by atoms with Gasteiger partial charge in [-0.15, -0.1) is 0 Å². The van der Waals surface area contributed by atoms with E-state index in [0.717, 1.165) is 24.0 Å². The molecule has 5 heteroatoms. The monoisotopic (exact) mass is 296 g/mol. The molecule has 0 radical (unpaired) electrons. The van der Waals surface area contributed by atoms with Crippen LogP contribution in [0.25, 0.3) is 0 Å². The van der Waals surface area contributed by atoms with Gasteiger partial charge in [0, 0.05) is 6.54 Å². The van der Waals surface area contributed by atoms with Crippen molar-refractivity contribution < 1.29 is 8.42 Å². The lowest BCUT2D eigenvalue weighted by Crippen LogP contribution is -2.33. The number of nitrogens with two attached hydrogens (primary N) is 1. The van der Waals surface area contributed by atoms with Crippen molar-refractivity contribution in [2.45, 2.75) is 45.4 Å². The number of nitrogen functional groups attached to an aromatic ring is 1. The first-order chi connectivity index (χ1) is 9.18. The molecule has 0 heterocycles. The van der Waals surface area contributed by atoms with Crippen molar-refractivity contribution in [3.05, 3.63) is 23.3 Å². The molecule has 1 aromatic rings. The van der Waals surface area contributed by atoms with E-state index in [1.165, 1.54) is 0 Å². The van der Waals surface area contributed by atoms with E-state index in [9.17, 15) is 8.42 Å². The molecule has 1 aliphatic carbocycles. The van der Waals surface area contributed by atoms with E-state index in [0.29, 0.717) is 18.2 Å². The smallest absolute Gasteiger partial charge is 0.242 e. The Hall–Kier alpha value is -1.07. The molecule has 0 aromatic heterocycles. The molecule has 0 atom stereocenters. The maximum Gasteiger partial charge on any atom is 0.242 e. The first-order valence-corrected chi connectivity index (χ1v) is 8.53. The third-order valence-electron chi connectivity index (χ3n) is 4.65. The molecule has 3 N–H and O–H groups in total. The topological polar surface area (TPSA) is 72.2 Å². The van der Waals surface area contributed by atoms with Crippen LogP contribution in [0.15, 0.2) is 17.0 Å². The van der Waals surface area contributed by atoms with Gasteiger partial charge in [0.2, 0.25) is 10.0 Å². The standard InChI is InChI=1S/C15H24N2O2S/c1-10(2)15(5-6-15)9-17-20(18,19)14-8-12(4)11(3)7-13(14)16/h7-8,10,17H,5-6,9,16H2,1-4H3. The van der Waals surface area contributed by atoms with Crippen LogP contribution < -0.4 is 10.5 Å². The number of anilines is 1. The normalized spacial score (nSPS) is 17.4. The number of aryl methyl sites for hydroxylation is 2. The summed E-state index contributed by atoms with van der Waals surface area (Å²) in [4.78, 5) is 0.195. The van der Waals surface area contributed by atoms with Gasteiger partial charge in [0.1, 0.15) is 4.90 Å². The Kier molecular flexibility index (Phi) is 3.86. The van der Waals surface area contributed by atoms with Crippen LogP contribution in [0.4, 0.5) is 5.69 Å². The zero-order valence-corrected chi connectivity index (χ0v) is 13.5. The Morgan fingerprint density at radius 1 is 1.25 bits per heavy atom. The van der Waals surface area contributed by atoms with Crippen LogP contribution in [0.5, 0.6) is 0 Å². The van der Waals surface area contributed by atoms with Gasteiger partial charge in [-0.05, 0) is 61.3 Å². The van der Waals surface area contributed by atoms with E-state index in [4.69, 9.17) is 5.73 Å². The lowest BCUT2D eigenvalue weighted by atomic mass is 9.93. The Bertz CT molecular complexity index is 617. The summed E-state index contributed by atoms with van der Waals surface area (Å²) in [5.41, 5.74) is 8.26. The molecule has 1 aromatic carbocycles. The average molecular weight is 296 g/mol. The second-order valence-corrected chi connectivity index (χ2v) is 8.05. The van der Waals surface area contributed by atoms with E-state index in [1.54, 1.807) is 12.1 Å². The summed E-state index contributed by atoms with van der Waals surface area (Å²) in [5.74, 6) is 0.488. The summed E-state index contributed by atoms with van der Waals surface area (Å²) in [6.45, 7) is 8.61. The summed E-state index contributed by atoms with van der Waals surface area (Å²) in [6, 6.07) is 3.38. The van der Waals surface area contributed by atoms with Crippen LogP contribution in [-0.2, 0) is 10.0 Å². The molecule has 1 fully saturated rings. The van der Waals surface area contributed by atoms with Gasteiger partial charge in [0.15, 0.2) is 0 Å². The zero-order valence-electron chi connectivity index (χ0n) is 12.7. The van der Waals surface area contributed by atoms with Gasteiger partial charge in [0.25, 0.3) is 0 Å². The predicted molar refractivity (Wildman–Crippen MR) is 82.0 cm³/mol. The third kappa shape index (κ3) is 2.83. The number of rotatable bonds is 5. The maximum absolute atomic E-state index is 12.4. The number of hydrogen-bond acceptors (Lipinski definition) is 3. The highest BCUT2D eigenvalue weighted by molar-refractivity contribution is 7.89. The van der Waals surface area contributed by atoms with Gasteiger partial charge in [-0.3, -0.25) is 0 Å². The highest BCUT2D eigenvalue weighted by Gasteiger charge is 2.45. The largest absolute Gasteiger partial charge is 0.398 e. The molecule has 1 saturated carbocycles. The predicted octanol–water partition coefficient (Wildman–Crippen LogP) is 2.60. The quantitative estimate of drug-likeness (QED) is 0.820. The molecule has 0 spiro atoms. The highest BCUT2D eigenvalue weighted by atomic mass is 32.2. The van der Waals surface area contributed by atoms with Gasteiger partial charge >= 0.3 is 0 Å². The first kappa shape index (κ1) is 15.3. The van der Waals surface area contributed by atoms with Crippen molar-refractivity contribution in [2.75, 3.05) is 12.3 Å². The molecule has 4 nitrogen and oxygen atoms in total. The fraction of sp³-hybridized carbons (Fsp3) is 0.600. The van der Waals surface area contributed by atoms with Crippen molar-refractivity contribution in [3.63, 3.8) is 0 Å². The summed E-state index contributed by atoms with van der Waals surface area (Å²) < 4.78 is 27.6. The van der Waals surface area contributed by atoms with Gasteiger partial charge in [-0.25, -0.2) is 13.1 Å². The summed E-state index contributed by atoms with van der Waals surface area (Å²) in [6.07, 6.45) is 2.19. The minimum Gasteiger partial charge on any atom is -0.398 e. The summed E-state index contributed by atoms with van der Waals surface area (Å²) in [7, 11) is -3.53. The molecule has 1 aliphatic rings. The second kappa shape index (κ2) is 5.04. The number of nitrogens with one attached hydrogen (secondary N) is 1. The van der Waals surface area contributed by atoms with E-state index >= 15 is 0 Å². The van der Waals surface area contributed by atoms with Crippen molar-refractivity contribution >= 4 is 15.7 Å². The Morgan fingerprint density at radius 2 is 1.80 bits per heavy atom. The molecule has 0 saturated heterocycles. The molecular weight excluding hydrogens is 272 g/mol. The third-order valence-corrected chi connectivity index (χ3v) is 6.10. The molecular formula is C15H24N2O2S. The van der Waals surface area contributed by atoms with Gasteiger partial charge in [0.05, 0.1) is 5.69 Å². The Labute approximate surface area is 121 Å². The molecule has 2 rings (SSSR count). The van der Waals surface area contributed by atoms with E-state index in [-0.39, 0.29) is 10.3 Å². The number of sulfonamides is 1. The van der Waals surface area contributed by atoms with E-state index in [2.05, 4.69) is 18.6 Å². The minimum atomic E-state index is -3.53. The van der Waals surface area contributed by atoms with Crippen LogP contribution in [0.3, 0.4) is 0 Å². The molecule has 20 heavy (non-hydrogen) atoms. The highest BCUT2D eigenvalue weighted by Crippen LogP contribution is 2.51.